The summed E-state index contributed by atoms with van der Waals surface area (Å²) >= 11 is 0. The normalized spacial score (nSPS) is 14.9. The highest BCUT2D eigenvalue weighted by atomic mass is 16.2. The van der Waals surface area contributed by atoms with E-state index >= 15 is 0 Å². The van der Waals surface area contributed by atoms with Crippen LogP contribution in [0.2, 0.25) is 0 Å². The third-order valence-corrected chi connectivity index (χ3v) is 4.78. The highest BCUT2D eigenvalue weighted by Crippen LogP contribution is 2.21. The number of benzene rings is 2. The molecule has 0 spiro atoms. The Morgan fingerprint density at radius 3 is 2.17 bits per heavy atom. The lowest BCUT2D eigenvalue weighted by Crippen LogP contribution is -2.49. The maximum atomic E-state index is 12.7. The van der Waals surface area contributed by atoms with Crippen molar-refractivity contribution in [1.29, 1.82) is 0 Å². The monoisotopic (exact) mass is 308 g/mol. The molecule has 1 aliphatic rings. The molecule has 1 heterocycles. The predicted octanol–water partition coefficient (Wildman–Crippen LogP) is 3.57. The molecule has 2 aromatic carbocycles. The van der Waals surface area contributed by atoms with E-state index in [-0.39, 0.29) is 5.91 Å². The summed E-state index contributed by atoms with van der Waals surface area (Å²) in [6.07, 6.45) is 0. The highest BCUT2D eigenvalue weighted by Gasteiger charge is 2.23. The molecule has 3 rings (SSSR count). The molecule has 0 bridgehead atoms. The fraction of sp³-hybridized carbons (Fsp3) is 0.350. The van der Waals surface area contributed by atoms with Gasteiger partial charge in [-0.15, -0.1) is 0 Å². The van der Waals surface area contributed by atoms with Gasteiger partial charge in [0.15, 0.2) is 0 Å². The first-order valence-corrected chi connectivity index (χ1v) is 8.23. The van der Waals surface area contributed by atoms with Crippen molar-refractivity contribution in [2.45, 2.75) is 20.8 Å². The van der Waals surface area contributed by atoms with Gasteiger partial charge in [-0.1, -0.05) is 24.3 Å². The number of piperazine rings is 1. The molecular formula is C20H24N2O. The molecule has 0 aromatic heterocycles. The number of carbonyl (C=O) groups is 1. The zero-order chi connectivity index (χ0) is 16.4. The number of para-hydroxylation sites is 1. The molecule has 2 aromatic rings. The average molecular weight is 308 g/mol. The van der Waals surface area contributed by atoms with Gasteiger partial charge in [-0.25, -0.2) is 0 Å². The Labute approximate surface area is 138 Å². The van der Waals surface area contributed by atoms with Crippen LogP contribution < -0.4 is 4.90 Å². The van der Waals surface area contributed by atoms with E-state index in [1.54, 1.807) is 0 Å². The van der Waals surface area contributed by atoms with Crippen molar-refractivity contribution in [3.8, 4) is 0 Å². The molecule has 0 radical (unpaired) electrons. The van der Waals surface area contributed by atoms with E-state index in [0.29, 0.717) is 0 Å². The molecule has 1 fully saturated rings. The van der Waals surface area contributed by atoms with E-state index in [2.05, 4.69) is 49.9 Å². The molecule has 120 valence electrons. The molecule has 1 amide bonds. The zero-order valence-corrected chi connectivity index (χ0v) is 14.2. The standard InChI is InChI=1S/C20H24N2O/c1-15-8-9-18(14-17(15)3)20(23)22-12-10-21(11-13-22)19-7-5-4-6-16(19)2/h4-9,14H,10-13H2,1-3H3. The van der Waals surface area contributed by atoms with Gasteiger partial charge < -0.3 is 9.80 Å². The molecule has 1 aliphatic heterocycles. The molecule has 0 atom stereocenters. The third-order valence-electron chi connectivity index (χ3n) is 4.78. The fourth-order valence-electron chi connectivity index (χ4n) is 3.13. The van der Waals surface area contributed by atoms with Crippen LogP contribution >= 0.6 is 0 Å². The predicted molar refractivity (Wildman–Crippen MR) is 95.2 cm³/mol. The second kappa shape index (κ2) is 6.45. The number of carbonyl (C=O) groups excluding carboxylic acids is 1. The molecule has 1 saturated heterocycles. The molecule has 0 N–H and O–H groups in total. The van der Waals surface area contributed by atoms with Crippen molar-refractivity contribution >= 4 is 11.6 Å². The quantitative estimate of drug-likeness (QED) is 0.846. The van der Waals surface area contributed by atoms with E-state index < -0.39 is 0 Å². The Kier molecular flexibility index (Phi) is 4.37. The van der Waals surface area contributed by atoms with Crippen LogP contribution in [0.5, 0.6) is 0 Å². The molecule has 0 aliphatic carbocycles. The Bertz CT molecular complexity index is 715. The summed E-state index contributed by atoms with van der Waals surface area (Å²) in [5, 5.41) is 0. The highest BCUT2D eigenvalue weighted by molar-refractivity contribution is 5.94. The molecule has 3 nitrogen and oxygen atoms in total. The maximum absolute atomic E-state index is 12.7. The molecule has 23 heavy (non-hydrogen) atoms. The van der Waals surface area contributed by atoms with Crippen LogP contribution in [-0.4, -0.2) is 37.0 Å². The Hall–Kier alpha value is -2.29. The minimum Gasteiger partial charge on any atom is -0.368 e. The van der Waals surface area contributed by atoms with Crippen molar-refractivity contribution in [3.63, 3.8) is 0 Å². The summed E-state index contributed by atoms with van der Waals surface area (Å²) < 4.78 is 0. The number of amides is 1. The first-order chi connectivity index (χ1) is 11.1. The van der Waals surface area contributed by atoms with Crippen LogP contribution in [0.25, 0.3) is 0 Å². The largest absolute Gasteiger partial charge is 0.368 e. The number of hydrogen-bond acceptors (Lipinski definition) is 2. The SMILES string of the molecule is Cc1ccc(C(=O)N2CCN(c3ccccc3C)CC2)cc1C. The summed E-state index contributed by atoms with van der Waals surface area (Å²) in [6.45, 7) is 9.61. The Balaban J connectivity index is 1.68. The van der Waals surface area contributed by atoms with Crippen LogP contribution in [0, 0.1) is 20.8 Å². The van der Waals surface area contributed by atoms with E-state index in [1.807, 2.05) is 23.1 Å². The first-order valence-electron chi connectivity index (χ1n) is 8.23. The van der Waals surface area contributed by atoms with Gasteiger partial charge in [-0.05, 0) is 55.7 Å². The molecule has 0 saturated carbocycles. The zero-order valence-electron chi connectivity index (χ0n) is 14.2. The first kappa shape index (κ1) is 15.6. The minimum atomic E-state index is 0.150. The van der Waals surface area contributed by atoms with E-state index in [1.165, 1.54) is 22.4 Å². The summed E-state index contributed by atoms with van der Waals surface area (Å²) in [5.41, 5.74) is 5.78. The number of anilines is 1. The third kappa shape index (κ3) is 3.24. The van der Waals surface area contributed by atoms with Crippen molar-refractivity contribution in [3.05, 3.63) is 64.7 Å². The average Bonchev–Trinajstić information content (AvgIpc) is 2.57. The van der Waals surface area contributed by atoms with Gasteiger partial charge in [0.05, 0.1) is 0 Å². The van der Waals surface area contributed by atoms with Crippen LogP contribution in [0.15, 0.2) is 42.5 Å². The minimum absolute atomic E-state index is 0.150. The maximum Gasteiger partial charge on any atom is 0.253 e. The molecule has 3 heteroatoms. The van der Waals surface area contributed by atoms with Gasteiger partial charge in [0, 0.05) is 37.4 Å². The number of hydrogen-bond donors (Lipinski definition) is 0. The summed E-state index contributed by atoms with van der Waals surface area (Å²) in [5.74, 6) is 0.150. The smallest absolute Gasteiger partial charge is 0.253 e. The van der Waals surface area contributed by atoms with Crippen LogP contribution in [0.1, 0.15) is 27.0 Å². The van der Waals surface area contributed by atoms with Crippen molar-refractivity contribution < 1.29 is 4.79 Å². The Morgan fingerprint density at radius 1 is 0.826 bits per heavy atom. The second-order valence-corrected chi connectivity index (χ2v) is 6.36. The van der Waals surface area contributed by atoms with Gasteiger partial charge in [0.1, 0.15) is 0 Å². The van der Waals surface area contributed by atoms with Gasteiger partial charge >= 0.3 is 0 Å². The summed E-state index contributed by atoms with van der Waals surface area (Å²) in [4.78, 5) is 17.0. The van der Waals surface area contributed by atoms with E-state index in [9.17, 15) is 4.79 Å². The van der Waals surface area contributed by atoms with Gasteiger partial charge in [0.25, 0.3) is 5.91 Å². The number of nitrogens with zero attached hydrogens (tertiary/aromatic N) is 2. The lowest BCUT2D eigenvalue weighted by molar-refractivity contribution is 0.0746. The van der Waals surface area contributed by atoms with Gasteiger partial charge in [-0.3, -0.25) is 4.79 Å². The van der Waals surface area contributed by atoms with Crippen LogP contribution in [-0.2, 0) is 0 Å². The number of aryl methyl sites for hydroxylation is 3. The van der Waals surface area contributed by atoms with E-state index in [4.69, 9.17) is 0 Å². The van der Waals surface area contributed by atoms with Crippen molar-refractivity contribution in [2.75, 3.05) is 31.1 Å². The molecular weight excluding hydrogens is 284 g/mol. The lowest BCUT2D eigenvalue weighted by atomic mass is 10.1. The Morgan fingerprint density at radius 2 is 1.52 bits per heavy atom. The fourth-order valence-corrected chi connectivity index (χ4v) is 3.13. The van der Waals surface area contributed by atoms with Crippen molar-refractivity contribution in [2.24, 2.45) is 0 Å². The number of rotatable bonds is 2. The molecule has 0 unspecified atom stereocenters. The van der Waals surface area contributed by atoms with Gasteiger partial charge in [-0.2, -0.15) is 0 Å². The lowest BCUT2D eigenvalue weighted by Gasteiger charge is -2.37. The van der Waals surface area contributed by atoms with Crippen LogP contribution in [0.4, 0.5) is 5.69 Å². The second-order valence-electron chi connectivity index (χ2n) is 6.36. The van der Waals surface area contributed by atoms with Crippen LogP contribution in [0.3, 0.4) is 0 Å². The summed E-state index contributed by atoms with van der Waals surface area (Å²) in [6, 6.07) is 14.4. The topological polar surface area (TPSA) is 23.6 Å². The summed E-state index contributed by atoms with van der Waals surface area (Å²) in [7, 11) is 0. The van der Waals surface area contributed by atoms with Crippen molar-refractivity contribution in [1.82, 2.24) is 4.90 Å². The van der Waals surface area contributed by atoms with Gasteiger partial charge in [0.2, 0.25) is 0 Å². The van der Waals surface area contributed by atoms with E-state index in [0.717, 1.165) is 31.7 Å².